The zero-order chi connectivity index (χ0) is 40.2. The molecule has 0 aliphatic carbocycles. The number of thioether (sulfide) groups is 1. The Morgan fingerprint density at radius 1 is 0.400 bits per heavy atom. The first-order valence-electron chi connectivity index (χ1n) is 14.7. The molecule has 6 aromatic heterocycles. The van der Waals surface area contributed by atoms with E-state index in [9.17, 15) is 50.4 Å². The number of benzene rings is 1. The SMILES string of the molecule is CSc1cnc2c(ccc3cccnc32)c1.F[P-](F)(F)(F)(F)F.F[P-](F)(F)(F)(F)F.[Ru+2].c1ccc(-c2ccccn2)nc1.c1ccc(-c2ccccn2)nc1. The van der Waals surface area contributed by atoms with E-state index in [1.165, 1.54) is 4.90 Å². The molecule has 0 unspecified atom stereocenters. The molecular weight excluding hydrogens is 903 g/mol. The van der Waals surface area contributed by atoms with Crippen molar-refractivity contribution in [2.24, 2.45) is 0 Å². The molecule has 6 nitrogen and oxygen atoms in total. The minimum absolute atomic E-state index is 0. The van der Waals surface area contributed by atoms with Crippen molar-refractivity contribution in [2.75, 3.05) is 6.26 Å². The van der Waals surface area contributed by atoms with Crippen LogP contribution in [0.15, 0.2) is 145 Å². The summed E-state index contributed by atoms with van der Waals surface area (Å²) in [5.41, 5.74) is 5.62. The van der Waals surface area contributed by atoms with E-state index in [2.05, 4.69) is 60.4 Å². The van der Waals surface area contributed by atoms with Gasteiger partial charge in [-0.05, 0) is 66.9 Å². The number of hydrogen-bond donors (Lipinski definition) is 0. The standard InChI is InChI=1S/C13H10N2S.2C10H8N2.2F6P.Ru/c1-16-11-7-10-5-4-9-3-2-6-14-12(9)13(10)15-8-11;2*1-3-7-11-9(5-1)10-6-2-4-8-12-10;2*1-7(2,3,4,5)6;/h2-8H,1H3;2*1-8H;;;/q;;;2*-1;+2. The van der Waals surface area contributed by atoms with Crippen LogP contribution in [0.3, 0.4) is 0 Å². The molecule has 0 radical (unpaired) electrons. The normalized spacial score (nSPS) is 13.3. The van der Waals surface area contributed by atoms with Crippen molar-refractivity contribution in [3.8, 4) is 22.8 Å². The molecule has 1 aromatic carbocycles. The Balaban J connectivity index is 0.000000246. The summed E-state index contributed by atoms with van der Waals surface area (Å²) < 4.78 is 118. The van der Waals surface area contributed by atoms with Crippen LogP contribution >= 0.6 is 27.4 Å². The van der Waals surface area contributed by atoms with Gasteiger partial charge in [-0.2, -0.15) is 0 Å². The fourth-order valence-electron chi connectivity index (χ4n) is 3.88. The van der Waals surface area contributed by atoms with E-state index in [4.69, 9.17) is 0 Å². The van der Waals surface area contributed by atoms with Crippen molar-refractivity contribution >= 4 is 49.2 Å². The Bertz CT molecular complexity index is 2050. The van der Waals surface area contributed by atoms with Crippen molar-refractivity contribution in [3.05, 3.63) is 140 Å². The van der Waals surface area contributed by atoms with Gasteiger partial charge in [0, 0.05) is 52.8 Å². The molecule has 0 saturated heterocycles. The first-order valence-corrected chi connectivity index (χ1v) is 19.9. The number of rotatable bonds is 3. The Labute approximate surface area is 322 Å². The summed E-state index contributed by atoms with van der Waals surface area (Å²) in [4.78, 5) is 26.8. The minimum Gasteiger partial charge on any atom is -0.255 e. The van der Waals surface area contributed by atoms with E-state index in [0.717, 1.165) is 44.6 Å². The summed E-state index contributed by atoms with van der Waals surface area (Å²) in [7, 11) is -21.3. The number of halogens is 12. The minimum atomic E-state index is -10.7. The molecule has 22 heteroatoms. The van der Waals surface area contributed by atoms with Gasteiger partial charge in [-0.25, -0.2) is 0 Å². The van der Waals surface area contributed by atoms with E-state index in [1.54, 1.807) is 36.5 Å². The molecule has 0 aliphatic rings. The predicted molar refractivity (Wildman–Crippen MR) is 191 cm³/mol. The first kappa shape index (κ1) is 46.8. The summed E-state index contributed by atoms with van der Waals surface area (Å²) in [5.74, 6) is 0. The van der Waals surface area contributed by atoms with Gasteiger partial charge >= 0.3 is 85.5 Å². The quantitative estimate of drug-likeness (QED) is 0.0574. The maximum absolute atomic E-state index is 10.7. The van der Waals surface area contributed by atoms with Gasteiger partial charge in [0.15, 0.2) is 0 Å². The van der Waals surface area contributed by atoms with Gasteiger partial charge in [0.05, 0.1) is 33.8 Å². The number of nitrogens with zero attached hydrogens (tertiary/aromatic N) is 6. The molecule has 0 bridgehead atoms. The molecule has 0 spiro atoms. The Morgan fingerprint density at radius 3 is 1.05 bits per heavy atom. The molecule has 0 atom stereocenters. The van der Waals surface area contributed by atoms with Gasteiger partial charge < -0.3 is 0 Å². The molecule has 7 aromatic rings. The number of pyridine rings is 6. The van der Waals surface area contributed by atoms with E-state index in [-0.39, 0.29) is 19.5 Å². The second-order valence-corrected chi connectivity index (χ2v) is 15.1. The summed E-state index contributed by atoms with van der Waals surface area (Å²) in [5, 5.41) is 2.29. The molecule has 0 fully saturated rings. The van der Waals surface area contributed by atoms with Crippen molar-refractivity contribution in [1.82, 2.24) is 29.9 Å². The van der Waals surface area contributed by atoms with Gasteiger partial charge in [-0.3, -0.25) is 29.9 Å². The maximum Gasteiger partial charge on any atom is 2.00 e. The van der Waals surface area contributed by atoms with Gasteiger partial charge in [-0.15, -0.1) is 11.8 Å². The first-order chi connectivity index (χ1) is 24.7. The maximum atomic E-state index is 9.87. The van der Waals surface area contributed by atoms with Crippen molar-refractivity contribution in [1.29, 1.82) is 0 Å². The van der Waals surface area contributed by atoms with Gasteiger partial charge in [0.2, 0.25) is 0 Å². The molecule has 55 heavy (non-hydrogen) atoms. The third-order valence-corrected chi connectivity index (χ3v) is 6.51. The molecule has 0 amide bonds. The van der Waals surface area contributed by atoms with Crippen molar-refractivity contribution in [3.63, 3.8) is 0 Å². The predicted octanol–water partition coefficient (Wildman–Crippen LogP) is 14.6. The molecular formula is C33H26F12N6P2RuS. The molecule has 0 aliphatic heterocycles. The van der Waals surface area contributed by atoms with Gasteiger partial charge in [-0.1, -0.05) is 42.5 Å². The van der Waals surface area contributed by atoms with Crippen LogP contribution in [0.1, 0.15) is 0 Å². The average Bonchev–Trinajstić information content (AvgIpc) is 3.11. The Kier molecular flexibility index (Phi) is 14.6. The van der Waals surface area contributed by atoms with Crippen LogP contribution in [0.2, 0.25) is 0 Å². The van der Waals surface area contributed by atoms with Crippen LogP contribution in [0.5, 0.6) is 0 Å². The molecule has 6 heterocycles. The van der Waals surface area contributed by atoms with Gasteiger partial charge in [0.1, 0.15) is 0 Å². The summed E-state index contributed by atoms with van der Waals surface area (Å²) in [6, 6.07) is 33.6. The second kappa shape index (κ2) is 17.2. The number of aromatic nitrogens is 6. The third-order valence-electron chi connectivity index (χ3n) is 5.82. The molecule has 0 N–H and O–H groups in total. The number of hydrogen-bond acceptors (Lipinski definition) is 7. The van der Waals surface area contributed by atoms with E-state index >= 15 is 0 Å². The Morgan fingerprint density at radius 2 is 0.727 bits per heavy atom. The fourth-order valence-corrected chi connectivity index (χ4v) is 4.29. The smallest absolute Gasteiger partial charge is 0.255 e. The summed E-state index contributed by atoms with van der Waals surface area (Å²) in [6.45, 7) is 0. The van der Waals surface area contributed by atoms with Gasteiger partial charge in [0.25, 0.3) is 0 Å². The Hall–Kier alpha value is -4.37. The van der Waals surface area contributed by atoms with Crippen LogP contribution in [-0.2, 0) is 19.5 Å². The number of fused-ring (bicyclic) bond motifs is 3. The summed E-state index contributed by atoms with van der Waals surface area (Å²) in [6.07, 6.45) is 12.8. The van der Waals surface area contributed by atoms with Crippen molar-refractivity contribution in [2.45, 2.75) is 4.90 Å². The monoisotopic (exact) mass is 930 g/mol. The van der Waals surface area contributed by atoms with E-state index in [1.807, 2.05) is 91.3 Å². The van der Waals surface area contributed by atoms with Crippen LogP contribution in [0, 0.1) is 0 Å². The molecule has 0 saturated carbocycles. The second-order valence-electron chi connectivity index (χ2n) is 10.4. The molecule has 7 rings (SSSR count). The zero-order valence-electron chi connectivity index (χ0n) is 27.7. The van der Waals surface area contributed by atoms with Crippen LogP contribution in [-0.4, -0.2) is 36.2 Å². The van der Waals surface area contributed by atoms with E-state index in [0.29, 0.717) is 0 Å². The van der Waals surface area contributed by atoms with E-state index < -0.39 is 15.6 Å². The molecule has 296 valence electrons. The average molecular weight is 930 g/mol. The van der Waals surface area contributed by atoms with Crippen molar-refractivity contribution < 1.29 is 69.8 Å². The largest absolute Gasteiger partial charge is 2.00 e. The zero-order valence-corrected chi connectivity index (χ0v) is 32.0. The third kappa shape index (κ3) is 22.6. The summed E-state index contributed by atoms with van der Waals surface area (Å²) >= 11 is 1.71. The van der Waals surface area contributed by atoms with Crippen LogP contribution in [0.4, 0.5) is 50.4 Å². The van der Waals surface area contributed by atoms with Crippen LogP contribution < -0.4 is 0 Å². The topological polar surface area (TPSA) is 77.3 Å². The fraction of sp³-hybridized carbons (Fsp3) is 0.0303. The van der Waals surface area contributed by atoms with Crippen LogP contribution in [0.25, 0.3) is 44.6 Å².